The van der Waals surface area contributed by atoms with Gasteiger partial charge in [0.05, 0.1) is 0 Å². The topological polar surface area (TPSA) is 20.3 Å². The maximum atomic E-state index is 12.0. The number of halogens is 1. The van der Waals surface area contributed by atoms with E-state index in [0.29, 0.717) is 10.6 Å². The quantitative estimate of drug-likeness (QED) is 0.717. The molecule has 1 fully saturated rings. The van der Waals surface area contributed by atoms with Crippen LogP contribution < -0.4 is 0 Å². The predicted octanol–water partition coefficient (Wildman–Crippen LogP) is 2.88. The number of hydrogen-bond donors (Lipinski definition) is 0. The zero-order valence-corrected chi connectivity index (χ0v) is 9.55. The molecule has 1 aromatic carbocycles. The van der Waals surface area contributed by atoms with Gasteiger partial charge in [0.15, 0.2) is 0 Å². The predicted molar refractivity (Wildman–Crippen MR) is 61.3 cm³/mol. The van der Waals surface area contributed by atoms with Gasteiger partial charge in [0, 0.05) is 23.7 Å². The summed E-state index contributed by atoms with van der Waals surface area (Å²) in [5.74, 6) is 0.109. The van der Waals surface area contributed by atoms with Gasteiger partial charge in [-0.3, -0.25) is 4.79 Å². The van der Waals surface area contributed by atoms with E-state index in [1.165, 1.54) is 0 Å². The molecule has 1 aromatic rings. The lowest BCUT2D eigenvalue weighted by Gasteiger charge is -2.15. The van der Waals surface area contributed by atoms with E-state index in [1.807, 2.05) is 24.0 Å². The Bertz CT molecular complexity index is 363. The first-order chi connectivity index (χ1) is 7.16. The lowest BCUT2D eigenvalue weighted by atomic mass is 10.1. The van der Waals surface area contributed by atoms with Crippen molar-refractivity contribution in [2.75, 3.05) is 13.1 Å². The number of carbonyl (C=O) groups is 1. The van der Waals surface area contributed by atoms with Gasteiger partial charge in [0.1, 0.15) is 0 Å². The molecule has 0 N–H and O–H groups in total. The zero-order valence-electron chi connectivity index (χ0n) is 8.79. The average molecular weight is 224 g/mol. The van der Waals surface area contributed by atoms with Crippen molar-refractivity contribution in [2.24, 2.45) is 0 Å². The molecule has 0 saturated carbocycles. The van der Waals surface area contributed by atoms with Crippen LogP contribution in [0.4, 0.5) is 0 Å². The van der Waals surface area contributed by atoms with Crippen LogP contribution >= 0.6 is 11.6 Å². The molecule has 80 valence electrons. The SMILES string of the molecule is Cc1cc(Cl)cc(C(=O)N2CCCC2)c1. The van der Waals surface area contributed by atoms with E-state index in [0.717, 1.165) is 31.5 Å². The molecular formula is C12H14ClNO. The van der Waals surface area contributed by atoms with Crippen LogP contribution in [0.15, 0.2) is 18.2 Å². The number of hydrogen-bond acceptors (Lipinski definition) is 1. The van der Waals surface area contributed by atoms with Gasteiger partial charge in [0.2, 0.25) is 0 Å². The van der Waals surface area contributed by atoms with E-state index in [9.17, 15) is 4.79 Å². The smallest absolute Gasteiger partial charge is 0.253 e. The van der Waals surface area contributed by atoms with Crippen molar-refractivity contribution >= 4 is 17.5 Å². The number of aryl methyl sites for hydroxylation is 1. The largest absolute Gasteiger partial charge is 0.339 e. The van der Waals surface area contributed by atoms with Crippen molar-refractivity contribution in [1.82, 2.24) is 4.90 Å². The Kier molecular flexibility index (Phi) is 2.96. The number of benzene rings is 1. The minimum absolute atomic E-state index is 0.109. The fourth-order valence-corrected chi connectivity index (χ4v) is 2.25. The molecule has 0 aromatic heterocycles. The molecule has 2 rings (SSSR count). The highest BCUT2D eigenvalue weighted by Gasteiger charge is 2.19. The molecular weight excluding hydrogens is 210 g/mol. The molecule has 0 spiro atoms. The summed E-state index contributed by atoms with van der Waals surface area (Å²) in [4.78, 5) is 13.9. The van der Waals surface area contributed by atoms with Crippen molar-refractivity contribution in [3.8, 4) is 0 Å². The first-order valence-corrected chi connectivity index (χ1v) is 5.61. The fourth-order valence-electron chi connectivity index (χ4n) is 1.96. The summed E-state index contributed by atoms with van der Waals surface area (Å²) in [7, 11) is 0. The second-order valence-electron chi connectivity index (χ2n) is 4.02. The molecule has 1 aliphatic heterocycles. The van der Waals surface area contributed by atoms with Crippen molar-refractivity contribution < 1.29 is 4.79 Å². The Morgan fingerprint density at radius 2 is 1.93 bits per heavy atom. The standard InChI is InChI=1S/C12H14ClNO/c1-9-6-10(8-11(13)7-9)12(15)14-4-2-3-5-14/h6-8H,2-5H2,1H3. The minimum Gasteiger partial charge on any atom is -0.339 e. The van der Waals surface area contributed by atoms with E-state index < -0.39 is 0 Å². The summed E-state index contributed by atoms with van der Waals surface area (Å²) in [5.41, 5.74) is 1.74. The van der Waals surface area contributed by atoms with Crippen LogP contribution in [0.3, 0.4) is 0 Å². The molecule has 0 atom stereocenters. The third-order valence-corrected chi connectivity index (χ3v) is 2.90. The number of carbonyl (C=O) groups excluding carboxylic acids is 1. The van der Waals surface area contributed by atoms with Crippen molar-refractivity contribution in [1.29, 1.82) is 0 Å². The van der Waals surface area contributed by atoms with Crippen molar-refractivity contribution in [2.45, 2.75) is 19.8 Å². The number of rotatable bonds is 1. The van der Waals surface area contributed by atoms with Crippen LogP contribution in [-0.4, -0.2) is 23.9 Å². The zero-order chi connectivity index (χ0) is 10.8. The van der Waals surface area contributed by atoms with Crippen molar-refractivity contribution in [3.63, 3.8) is 0 Å². The van der Waals surface area contributed by atoms with Gasteiger partial charge in [0.25, 0.3) is 5.91 Å². The van der Waals surface area contributed by atoms with Crippen molar-refractivity contribution in [3.05, 3.63) is 34.3 Å². The van der Waals surface area contributed by atoms with Crippen LogP contribution in [-0.2, 0) is 0 Å². The van der Waals surface area contributed by atoms with E-state index in [1.54, 1.807) is 6.07 Å². The van der Waals surface area contributed by atoms with Gasteiger partial charge in [-0.1, -0.05) is 11.6 Å². The van der Waals surface area contributed by atoms with Gasteiger partial charge in [-0.15, -0.1) is 0 Å². The highest BCUT2D eigenvalue weighted by Crippen LogP contribution is 2.18. The summed E-state index contributed by atoms with van der Waals surface area (Å²) in [6.45, 7) is 3.71. The van der Waals surface area contributed by atoms with Crippen LogP contribution in [0.2, 0.25) is 5.02 Å². The van der Waals surface area contributed by atoms with Crippen LogP contribution in [0.5, 0.6) is 0 Å². The van der Waals surface area contributed by atoms with Gasteiger partial charge in [-0.05, 0) is 43.5 Å². The Labute approximate surface area is 94.8 Å². The summed E-state index contributed by atoms with van der Waals surface area (Å²) in [6.07, 6.45) is 2.23. The molecule has 1 heterocycles. The molecule has 1 saturated heterocycles. The maximum absolute atomic E-state index is 12.0. The van der Waals surface area contributed by atoms with Crippen LogP contribution in [0.25, 0.3) is 0 Å². The van der Waals surface area contributed by atoms with Gasteiger partial charge >= 0.3 is 0 Å². The normalized spacial score (nSPS) is 15.7. The van der Waals surface area contributed by atoms with E-state index >= 15 is 0 Å². The first kappa shape index (κ1) is 10.5. The molecule has 3 heteroatoms. The molecule has 1 aliphatic rings. The highest BCUT2D eigenvalue weighted by atomic mass is 35.5. The van der Waals surface area contributed by atoms with E-state index in [4.69, 9.17) is 11.6 Å². The fraction of sp³-hybridized carbons (Fsp3) is 0.417. The third kappa shape index (κ3) is 2.32. The number of likely N-dealkylation sites (tertiary alicyclic amines) is 1. The minimum atomic E-state index is 0.109. The summed E-state index contributed by atoms with van der Waals surface area (Å²) in [5, 5.41) is 0.637. The van der Waals surface area contributed by atoms with Gasteiger partial charge in [-0.25, -0.2) is 0 Å². The molecule has 0 bridgehead atoms. The number of amides is 1. The summed E-state index contributed by atoms with van der Waals surface area (Å²) >= 11 is 5.93. The Morgan fingerprint density at radius 1 is 1.27 bits per heavy atom. The summed E-state index contributed by atoms with van der Waals surface area (Å²) < 4.78 is 0. The lowest BCUT2D eigenvalue weighted by Crippen LogP contribution is -2.27. The molecule has 0 aliphatic carbocycles. The molecule has 15 heavy (non-hydrogen) atoms. The molecule has 0 radical (unpaired) electrons. The second kappa shape index (κ2) is 4.23. The van der Waals surface area contributed by atoms with E-state index in [-0.39, 0.29) is 5.91 Å². The highest BCUT2D eigenvalue weighted by molar-refractivity contribution is 6.31. The maximum Gasteiger partial charge on any atom is 0.253 e. The second-order valence-corrected chi connectivity index (χ2v) is 4.45. The molecule has 2 nitrogen and oxygen atoms in total. The van der Waals surface area contributed by atoms with E-state index in [2.05, 4.69) is 0 Å². The Balaban J connectivity index is 2.24. The Morgan fingerprint density at radius 3 is 2.53 bits per heavy atom. The number of nitrogens with zero attached hydrogens (tertiary/aromatic N) is 1. The Hall–Kier alpha value is -1.02. The summed E-state index contributed by atoms with van der Waals surface area (Å²) in [6, 6.07) is 5.50. The average Bonchev–Trinajstić information content (AvgIpc) is 2.67. The van der Waals surface area contributed by atoms with Gasteiger partial charge in [-0.2, -0.15) is 0 Å². The molecule has 1 amide bonds. The van der Waals surface area contributed by atoms with Crippen LogP contribution in [0.1, 0.15) is 28.8 Å². The first-order valence-electron chi connectivity index (χ1n) is 5.23. The van der Waals surface area contributed by atoms with Gasteiger partial charge < -0.3 is 4.90 Å². The van der Waals surface area contributed by atoms with Crippen LogP contribution in [0, 0.1) is 6.92 Å². The third-order valence-electron chi connectivity index (χ3n) is 2.68. The monoisotopic (exact) mass is 223 g/mol. The molecule has 0 unspecified atom stereocenters. The lowest BCUT2D eigenvalue weighted by molar-refractivity contribution is 0.0792.